The molecule has 122 valence electrons. The number of β-lactam (4-membered cyclic amide) rings is 1. The summed E-state index contributed by atoms with van der Waals surface area (Å²) in [6.07, 6.45) is 0.766. The van der Waals surface area contributed by atoms with Gasteiger partial charge in [0.15, 0.2) is 4.99 Å². The average molecular weight is 334 g/mol. The number of nitrogens with one attached hydrogen (secondary N) is 1. The highest BCUT2D eigenvalue weighted by Crippen LogP contribution is 2.56. The van der Waals surface area contributed by atoms with Crippen LogP contribution in [0.4, 0.5) is 0 Å². The summed E-state index contributed by atoms with van der Waals surface area (Å²) in [4.78, 5) is 36.1. The minimum absolute atomic E-state index is 0.154. The topological polar surface area (TPSA) is 75.7 Å². The molecule has 0 radical (unpaired) electrons. The first-order valence-corrected chi connectivity index (χ1v) is 8.15. The minimum atomic E-state index is -0.821. The van der Waals surface area contributed by atoms with Gasteiger partial charge in [-0.3, -0.25) is 14.5 Å². The fraction of sp³-hybridized carbons (Fsp3) is 0.438. The summed E-state index contributed by atoms with van der Waals surface area (Å²) in [5.41, 5.74) is 0.886. The number of amides is 2. The van der Waals surface area contributed by atoms with Gasteiger partial charge in [-0.15, -0.1) is 11.8 Å². The fourth-order valence-corrected chi connectivity index (χ4v) is 4.96. The van der Waals surface area contributed by atoms with Crippen molar-refractivity contribution in [3.05, 3.63) is 35.9 Å². The Morgan fingerprint density at radius 2 is 2.13 bits per heavy atom. The number of fused-ring (bicyclic) bond motifs is 1. The third-order valence-corrected chi connectivity index (χ3v) is 5.67. The highest BCUT2D eigenvalue weighted by atomic mass is 32.2. The molecular weight excluding hydrogens is 316 g/mol. The molecule has 1 unspecified atom stereocenters. The van der Waals surface area contributed by atoms with E-state index in [1.54, 1.807) is 0 Å². The molecule has 7 heteroatoms. The van der Waals surface area contributed by atoms with Crippen LogP contribution in [0.3, 0.4) is 0 Å². The Hall–Kier alpha value is -2.02. The number of nitrogens with zero attached hydrogens (tertiary/aromatic N) is 1. The quantitative estimate of drug-likeness (QED) is 0.498. The van der Waals surface area contributed by atoms with Crippen molar-refractivity contribution in [2.24, 2.45) is 0 Å². The number of thioether (sulfide) groups is 1. The summed E-state index contributed by atoms with van der Waals surface area (Å²) < 4.78 is 4.86. The van der Waals surface area contributed by atoms with Crippen molar-refractivity contribution in [1.82, 2.24) is 10.2 Å². The molecule has 0 aliphatic carbocycles. The lowest BCUT2D eigenvalue weighted by atomic mass is 9.96. The van der Waals surface area contributed by atoms with Gasteiger partial charge < -0.3 is 10.1 Å². The van der Waals surface area contributed by atoms with Crippen molar-refractivity contribution in [3.8, 4) is 0 Å². The number of hydrogen-bond donors (Lipinski definition) is 1. The fourth-order valence-electron chi connectivity index (χ4n) is 3.16. The molecule has 1 N–H and O–H groups in total. The van der Waals surface area contributed by atoms with E-state index in [0.29, 0.717) is 6.41 Å². The lowest BCUT2D eigenvalue weighted by Gasteiger charge is -2.46. The summed E-state index contributed by atoms with van der Waals surface area (Å²) in [5.74, 6) is -0.604. The van der Waals surface area contributed by atoms with E-state index < -0.39 is 21.8 Å². The molecule has 23 heavy (non-hydrogen) atoms. The molecule has 2 saturated heterocycles. The van der Waals surface area contributed by atoms with E-state index in [1.807, 2.05) is 44.2 Å². The van der Waals surface area contributed by atoms with E-state index >= 15 is 0 Å². The number of hydrogen-bond acceptors (Lipinski definition) is 5. The standard InChI is InChI=1S/C16H18N2O4S/c1-15(2)13(14(21)22-9-11-6-4-3-5-7-11)18-12(20)8-16(18,23-15)17-10-19/h3-7,10,13H,8-9H2,1-2H3,(H,17,19)/t13-,16?/m0/s1. The summed E-state index contributed by atoms with van der Waals surface area (Å²) in [5, 5.41) is 2.68. The Kier molecular flexibility index (Phi) is 3.83. The lowest BCUT2D eigenvalue weighted by Crippen LogP contribution is -2.69. The van der Waals surface area contributed by atoms with Crippen LogP contribution in [0.25, 0.3) is 0 Å². The maximum atomic E-state index is 12.6. The summed E-state index contributed by atoms with van der Waals surface area (Å²) >= 11 is 1.41. The predicted octanol–water partition coefficient (Wildman–Crippen LogP) is 1.26. The van der Waals surface area contributed by atoms with E-state index in [-0.39, 0.29) is 18.9 Å². The largest absolute Gasteiger partial charge is 0.459 e. The molecule has 2 heterocycles. The van der Waals surface area contributed by atoms with E-state index in [4.69, 9.17) is 4.74 Å². The second-order valence-electron chi connectivity index (χ2n) is 6.19. The molecule has 0 saturated carbocycles. The summed E-state index contributed by atoms with van der Waals surface area (Å²) in [6, 6.07) is 8.65. The van der Waals surface area contributed by atoms with Crippen LogP contribution < -0.4 is 5.32 Å². The number of esters is 1. The zero-order valence-electron chi connectivity index (χ0n) is 12.9. The molecule has 6 nitrogen and oxygen atoms in total. The third-order valence-electron chi connectivity index (χ3n) is 4.13. The van der Waals surface area contributed by atoms with E-state index in [2.05, 4.69) is 5.32 Å². The number of ether oxygens (including phenoxy) is 1. The van der Waals surface area contributed by atoms with E-state index in [9.17, 15) is 14.4 Å². The van der Waals surface area contributed by atoms with Crippen molar-refractivity contribution < 1.29 is 19.1 Å². The van der Waals surface area contributed by atoms with Gasteiger partial charge in [0.05, 0.1) is 6.42 Å². The van der Waals surface area contributed by atoms with Crippen LogP contribution in [0.5, 0.6) is 0 Å². The van der Waals surface area contributed by atoms with Crippen molar-refractivity contribution in [1.29, 1.82) is 0 Å². The molecule has 1 aromatic rings. The van der Waals surface area contributed by atoms with Crippen LogP contribution in [0.1, 0.15) is 25.8 Å². The monoisotopic (exact) mass is 334 g/mol. The normalized spacial score (nSPS) is 27.8. The van der Waals surface area contributed by atoms with Crippen LogP contribution in [0.15, 0.2) is 30.3 Å². The molecule has 1 aromatic carbocycles. The number of benzene rings is 1. The van der Waals surface area contributed by atoms with Gasteiger partial charge in [0.2, 0.25) is 12.3 Å². The molecule has 2 amide bonds. The Labute approximate surface area is 138 Å². The van der Waals surface area contributed by atoms with Crippen molar-refractivity contribution in [2.75, 3.05) is 0 Å². The molecule has 3 rings (SSSR count). The SMILES string of the molecule is CC1(C)SC2(NC=O)CC(=O)N2[C@H]1C(=O)OCc1ccccc1. The zero-order chi connectivity index (χ0) is 16.7. The number of carbonyl (C=O) groups is 3. The van der Waals surface area contributed by atoms with Crippen molar-refractivity contribution in [3.63, 3.8) is 0 Å². The Bertz CT molecular complexity index is 645. The highest BCUT2D eigenvalue weighted by molar-refractivity contribution is 8.02. The molecule has 0 aromatic heterocycles. The molecule has 2 aliphatic rings. The first kappa shape index (κ1) is 15.9. The third kappa shape index (κ3) is 2.59. The summed E-state index contributed by atoms with van der Waals surface area (Å²) in [6.45, 7) is 3.92. The van der Waals surface area contributed by atoms with Crippen LogP contribution in [-0.2, 0) is 25.7 Å². The molecule has 2 aliphatic heterocycles. The zero-order valence-corrected chi connectivity index (χ0v) is 13.8. The van der Waals surface area contributed by atoms with Gasteiger partial charge in [-0.05, 0) is 19.4 Å². The second kappa shape index (κ2) is 5.56. The van der Waals surface area contributed by atoms with Gasteiger partial charge in [-0.2, -0.15) is 0 Å². The van der Waals surface area contributed by atoms with Crippen LogP contribution in [0.2, 0.25) is 0 Å². The first-order chi connectivity index (χ1) is 10.9. The van der Waals surface area contributed by atoms with Crippen molar-refractivity contribution in [2.45, 2.75) is 42.7 Å². The van der Waals surface area contributed by atoms with Crippen LogP contribution >= 0.6 is 11.8 Å². The minimum Gasteiger partial charge on any atom is -0.459 e. The van der Waals surface area contributed by atoms with Gasteiger partial charge in [0, 0.05) is 4.75 Å². The average Bonchev–Trinajstić information content (AvgIpc) is 2.69. The lowest BCUT2D eigenvalue weighted by molar-refractivity contribution is -0.169. The van der Waals surface area contributed by atoms with Crippen molar-refractivity contribution >= 4 is 30.0 Å². The molecular formula is C16H18N2O4S. The summed E-state index contributed by atoms with van der Waals surface area (Å²) in [7, 11) is 0. The molecule has 2 atom stereocenters. The first-order valence-electron chi connectivity index (χ1n) is 7.34. The maximum absolute atomic E-state index is 12.6. The van der Waals surface area contributed by atoms with E-state index in [1.165, 1.54) is 16.7 Å². The maximum Gasteiger partial charge on any atom is 0.330 e. The molecule has 2 fully saturated rings. The number of carbonyl (C=O) groups excluding carboxylic acids is 3. The Morgan fingerprint density at radius 1 is 1.43 bits per heavy atom. The predicted molar refractivity (Wildman–Crippen MR) is 85.1 cm³/mol. The Morgan fingerprint density at radius 3 is 2.74 bits per heavy atom. The molecule has 0 bridgehead atoms. The Balaban J connectivity index is 1.76. The smallest absolute Gasteiger partial charge is 0.330 e. The highest BCUT2D eigenvalue weighted by Gasteiger charge is 2.68. The van der Waals surface area contributed by atoms with Gasteiger partial charge in [-0.25, -0.2) is 4.79 Å². The van der Waals surface area contributed by atoms with Gasteiger partial charge in [-0.1, -0.05) is 30.3 Å². The second-order valence-corrected chi connectivity index (χ2v) is 8.12. The van der Waals surface area contributed by atoms with Gasteiger partial charge in [0.25, 0.3) is 0 Å². The number of rotatable bonds is 5. The van der Waals surface area contributed by atoms with E-state index in [0.717, 1.165) is 5.56 Å². The van der Waals surface area contributed by atoms with Gasteiger partial charge >= 0.3 is 5.97 Å². The van der Waals surface area contributed by atoms with Gasteiger partial charge in [0.1, 0.15) is 12.6 Å². The van der Waals surface area contributed by atoms with Crippen LogP contribution in [0, 0.1) is 0 Å². The van der Waals surface area contributed by atoms with Crippen LogP contribution in [-0.4, -0.2) is 39.0 Å². The molecule has 0 spiro atoms.